The van der Waals surface area contributed by atoms with Gasteiger partial charge in [0.05, 0.1) is 41.0 Å². The van der Waals surface area contributed by atoms with Gasteiger partial charge in [-0.2, -0.15) is 18.4 Å². The molecule has 0 aliphatic carbocycles. The molecule has 2 N–H and O–H groups in total. The van der Waals surface area contributed by atoms with Gasteiger partial charge in [-0.05, 0) is 55.0 Å². The van der Waals surface area contributed by atoms with Gasteiger partial charge in [0.1, 0.15) is 5.82 Å². The molecule has 0 radical (unpaired) electrons. The van der Waals surface area contributed by atoms with Crippen molar-refractivity contribution in [2.75, 3.05) is 30.5 Å². The van der Waals surface area contributed by atoms with Crippen LogP contribution in [0.1, 0.15) is 27.9 Å². The molecule has 34 heavy (non-hydrogen) atoms. The highest BCUT2D eigenvalue weighted by atomic mass is 32.1. The van der Waals surface area contributed by atoms with Gasteiger partial charge in [0.2, 0.25) is 5.91 Å². The van der Waals surface area contributed by atoms with Crippen LogP contribution in [0, 0.1) is 23.1 Å². The minimum absolute atomic E-state index is 0.0653. The molecule has 3 rings (SSSR count). The first kappa shape index (κ1) is 25.1. The molecule has 7 nitrogen and oxygen atoms in total. The lowest BCUT2D eigenvalue weighted by Crippen LogP contribution is -2.43. The van der Waals surface area contributed by atoms with Gasteiger partial charge < -0.3 is 15.4 Å². The Kier molecular flexibility index (Phi) is 7.48. The zero-order valence-corrected chi connectivity index (χ0v) is 18.5. The molecule has 1 atom stereocenters. The summed E-state index contributed by atoms with van der Waals surface area (Å²) in [6, 6.07) is 7.76. The van der Waals surface area contributed by atoms with Crippen LogP contribution >= 0.6 is 12.2 Å². The summed E-state index contributed by atoms with van der Waals surface area (Å²) in [5.41, 5.74) is -2.21. The van der Waals surface area contributed by atoms with Gasteiger partial charge >= 0.3 is 6.18 Å². The van der Waals surface area contributed by atoms with E-state index in [1.165, 1.54) is 31.3 Å². The predicted octanol–water partition coefficient (Wildman–Crippen LogP) is 3.84. The number of hydrogen-bond donors (Lipinski definition) is 2. The van der Waals surface area contributed by atoms with E-state index in [1.807, 2.05) is 0 Å². The Balaban J connectivity index is 2.00. The van der Waals surface area contributed by atoms with E-state index < -0.39 is 40.9 Å². The van der Waals surface area contributed by atoms with Gasteiger partial charge in [-0.3, -0.25) is 14.5 Å². The topological polar surface area (TPSA) is 94.5 Å². The monoisotopic (exact) mass is 494 g/mol. The van der Waals surface area contributed by atoms with Crippen LogP contribution in [0.3, 0.4) is 0 Å². The van der Waals surface area contributed by atoms with Crippen molar-refractivity contribution < 1.29 is 31.9 Å². The van der Waals surface area contributed by atoms with Gasteiger partial charge in [-0.1, -0.05) is 0 Å². The number of nitrogens with zero attached hydrogens (tertiary/aromatic N) is 2. The summed E-state index contributed by atoms with van der Waals surface area (Å²) in [5, 5.41) is 13.7. The molecule has 2 aromatic carbocycles. The second kappa shape index (κ2) is 10.1. The Hall–Kier alpha value is -3.56. The summed E-state index contributed by atoms with van der Waals surface area (Å²) < 4.78 is 60.1. The van der Waals surface area contributed by atoms with Crippen molar-refractivity contribution >= 4 is 40.5 Å². The Bertz CT molecular complexity index is 1170. The molecule has 0 saturated carbocycles. The smallest absolute Gasteiger partial charge is 0.381 e. The molecule has 1 aliphatic rings. The number of thiocarbonyl (C=S) groups is 1. The Morgan fingerprint density at radius 3 is 2.53 bits per heavy atom. The molecule has 2 aromatic rings. The first-order valence-corrected chi connectivity index (χ1v) is 10.3. The quantitative estimate of drug-likeness (QED) is 0.496. The van der Waals surface area contributed by atoms with Crippen molar-refractivity contribution in [2.24, 2.45) is 5.92 Å². The van der Waals surface area contributed by atoms with Crippen molar-refractivity contribution in [3.63, 3.8) is 0 Å². The maximum atomic E-state index is 14.3. The fourth-order valence-corrected chi connectivity index (χ4v) is 3.66. The molecule has 1 fully saturated rings. The fourth-order valence-electron chi connectivity index (χ4n) is 3.35. The summed E-state index contributed by atoms with van der Waals surface area (Å²) in [6.45, 7) is 0.369. The Morgan fingerprint density at radius 1 is 1.24 bits per heavy atom. The Morgan fingerprint density at radius 2 is 1.97 bits per heavy atom. The number of carbonyl (C=O) groups is 2. The highest BCUT2D eigenvalue weighted by Crippen LogP contribution is 2.35. The van der Waals surface area contributed by atoms with Gasteiger partial charge in [0.15, 0.2) is 5.11 Å². The summed E-state index contributed by atoms with van der Waals surface area (Å²) in [4.78, 5) is 25.7. The predicted molar refractivity (Wildman–Crippen MR) is 119 cm³/mol. The lowest BCUT2D eigenvalue weighted by Gasteiger charge is -2.27. The summed E-state index contributed by atoms with van der Waals surface area (Å²) >= 11 is 5.30. The van der Waals surface area contributed by atoms with Crippen LogP contribution in [-0.4, -0.2) is 37.2 Å². The largest absolute Gasteiger partial charge is 0.417 e. The molecule has 0 bridgehead atoms. The minimum Gasteiger partial charge on any atom is -0.381 e. The molecular weight excluding hydrogens is 476 g/mol. The van der Waals surface area contributed by atoms with Crippen molar-refractivity contribution in [1.29, 1.82) is 5.26 Å². The number of anilines is 2. The average molecular weight is 494 g/mol. The number of carbonyl (C=O) groups excluding carboxylic acids is 2. The van der Waals surface area contributed by atoms with Crippen molar-refractivity contribution in [2.45, 2.75) is 12.6 Å². The summed E-state index contributed by atoms with van der Waals surface area (Å²) in [7, 11) is 1.34. The maximum absolute atomic E-state index is 14.3. The Labute approximate surface area is 197 Å². The third kappa shape index (κ3) is 5.32. The molecule has 12 heteroatoms. The lowest BCUT2D eigenvalue weighted by molar-refractivity contribution is -0.137. The van der Waals surface area contributed by atoms with E-state index in [4.69, 9.17) is 22.2 Å². The zero-order valence-electron chi connectivity index (χ0n) is 17.7. The van der Waals surface area contributed by atoms with E-state index in [0.29, 0.717) is 19.1 Å². The molecular formula is C22H18F4N4O3S. The van der Waals surface area contributed by atoms with Crippen LogP contribution < -0.4 is 15.5 Å². The lowest BCUT2D eigenvalue weighted by atomic mass is 10.0. The van der Waals surface area contributed by atoms with Crippen molar-refractivity contribution in [1.82, 2.24) is 5.32 Å². The number of amides is 2. The number of ether oxygens (including phenoxy) is 1. The van der Waals surface area contributed by atoms with E-state index in [1.54, 1.807) is 0 Å². The summed E-state index contributed by atoms with van der Waals surface area (Å²) in [6.07, 6.45) is -4.50. The highest BCUT2D eigenvalue weighted by Gasteiger charge is 2.36. The average Bonchev–Trinajstić information content (AvgIpc) is 3.33. The molecule has 0 unspecified atom stereocenters. The number of rotatable bonds is 4. The highest BCUT2D eigenvalue weighted by molar-refractivity contribution is 7.80. The third-order valence-corrected chi connectivity index (χ3v) is 5.37. The number of hydrogen-bond acceptors (Lipinski definition) is 5. The molecule has 0 aromatic heterocycles. The SMILES string of the molecule is CNC(=O)c1ccc(NC(=S)N(C(=O)[C@H]2CCOC2)c2ccc(C#N)c(C(F)(F)F)c2)cc1F. The maximum Gasteiger partial charge on any atom is 0.417 e. The first-order chi connectivity index (χ1) is 16.1. The number of nitriles is 1. The van der Waals surface area contributed by atoms with E-state index in [2.05, 4.69) is 10.6 Å². The standard InChI is InChI=1S/C22H18F4N4O3S/c1-28-19(31)16-5-3-14(8-18(16)23)29-21(34)30(20(32)13-6-7-33-11-13)15-4-2-12(10-27)17(9-15)22(24,25)26/h2-5,8-9,13H,6-7,11H2,1H3,(H,28,31)(H,29,34)/t13-/m0/s1. The van der Waals surface area contributed by atoms with E-state index in [0.717, 1.165) is 17.0 Å². The fraction of sp³-hybridized carbons (Fsp3) is 0.273. The third-order valence-electron chi connectivity index (χ3n) is 5.08. The van der Waals surface area contributed by atoms with Gasteiger partial charge in [-0.25, -0.2) is 4.39 Å². The second-order valence-corrected chi connectivity index (χ2v) is 7.66. The minimum atomic E-state index is -4.85. The normalized spacial score (nSPS) is 15.4. The van der Waals surface area contributed by atoms with Crippen molar-refractivity contribution in [3.8, 4) is 6.07 Å². The number of halogens is 4. The molecule has 178 valence electrons. The van der Waals surface area contributed by atoms with E-state index in [-0.39, 0.29) is 28.7 Å². The van der Waals surface area contributed by atoms with Gasteiger partial charge in [0, 0.05) is 19.3 Å². The summed E-state index contributed by atoms with van der Waals surface area (Å²) in [5.74, 6) is -2.79. The van der Waals surface area contributed by atoms with Crippen LogP contribution in [0.25, 0.3) is 0 Å². The van der Waals surface area contributed by atoms with Gasteiger partial charge in [-0.15, -0.1) is 0 Å². The molecule has 1 heterocycles. The molecule has 1 aliphatic heterocycles. The van der Waals surface area contributed by atoms with Crippen LogP contribution in [0.2, 0.25) is 0 Å². The van der Waals surface area contributed by atoms with Crippen molar-refractivity contribution in [3.05, 3.63) is 58.9 Å². The van der Waals surface area contributed by atoms with Gasteiger partial charge in [0.25, 0.3) is 5.91 Å². The first-order valence-electron chi connectivity index (χ1n) is 9.92. The zero-order chi connectivity index (χ0) is 25.0. The number of nitrogens with one attached hydrogen (secondary N) is 2. The molecule has 1 saturated heterocycles. The van der Waals surface area contributed by atoms with Crippen LogP contribution in [-0.2, 0) is 15.7 Å². The molecule has 0 spiro atoms. The van der Waals surface area contributed by atoms with Crippen LogP contribution in [0.4, 0.5) is 28.9 Å². The number of benzene rings is 2. The van der Waals surface area contributed by atoms with Crippen LogP contribution in [0.5, 0.6) is 0 Å². The second-order valence-electron chi connectivity index (χ2n) is 7.28. The van der Waals surface area contributed by atoms with E-state index in [9.17, 15) is 27.2 Å². The number of alkyl halides is 3. The molecule has 2 amide bonds. The van der Waals surface area contributed by atoms with E-state index >= 15 is 0 Å². The van der Waals surface area contributed by atoms with Crippen LogP contribution in [0.15, 0.2) is 36.4 Å².